The number of aryl methyl sites for hydroxylation is 1. The molecule has 132 valence electrons. The van der Waals surface area contributed by atoms with Crippen molar-refractivity contribution in [3.8, 4) is 0 Å². The Kier molecular flexibility index (Phi) is 6.41. The number of nitrogens with one attached hydrogen (secondary N) is 1. The summed E-state index contributed by atoms with van der Waals surface area (Å²) in [6.07, 6.45) is 3.60. The van der Waals surface area contributed by atoms with Crippen molar-refractivity contribution in [3.63, 3.8) is 0 Å². The second kappa shape index (κ2) is 8.32. The summed E-state index contributed by atoms with van der Waals surface area (Å²) in [5.41, 5.74) is 2.01. The fraction of sp³-hybridized carbons (Fsp3) is 0.600. The number of carbonyl (C=O) groups is 2. The van der Waals surface area contributed by atoms with Crippen LogP contribution in [0.1, 0.15) is 52.0 Å². The van der Waals surface area contributed by atoms with Crippen LogP contribution in [0.3, 0.4) is 0 Å². The van der Waals surface area contributed by atoms with Crippen molar-refractivity contribution in [1.82, 2.24) is 5.32 Å². The van der Waals surface area contributed by atoms with Crippen molar-refractivity contribution >= 4 is 17.5 Å². The second-order valence-electron chi connectivity index (χ2n) is 7.48. The van der Waals surface area contributed by atoms with Gasteiger partial charge in [-0.05, 0) is 43.9 Å². The molecule has 1 heterocycles. The number of nitrogens with zero attached hydrogens (tertiary/aromatic N) is 1. The molecule has 24 heavy (non-hydrogen) atoms. The van der Waals surface area contributed by atoms with Crippen LogP contribution in [0.4, 0.5) is 5.69 Å². The van der Waals surface area contributed by atoms with E-state index in [-0.39, 0.29) is 23.8 Å². The molecular weight excluding hydrogens is 300 g/mol. The molecular formula is C20H30N2O2. The summed E-state index contributed by atoms with van der Waals surface area (Å²) in [5.74, 6) is 0.498. The zero-order valence-corrected chi connectivity index (χ0v) is 15.3. The monoisotopic (exact) mass is 330 g/mol. The van der Waals surface area contributed by atoms with Gasteiger partial charge in [0.05, 0.1) is 5.92 Å². The summed E-state index contributed by atoms with van der Waals surface area (Å²) in [4.78, 5) is 26.5. The first kappa shape index (κ1) is 18.5. The molecule has 1 fully saturated rings. The van der Waals surface area contributed by atoms with E-state index >= 15 is 0 Å². The maximum atomic E-state index is 12.5. The maximum Gasteiger partial charge on any atom is 0.227 e. The molecule has 4 nitrogen and oxygen atoms in total. The Balaban J connectivity index is 1.87. The van der Waals surface area contributed by atoms with E-state index in [1.165, 1.54) is 6.42 Å². The molecule has 2 rings (SSSR count). The van der Waals surface area contributed by atoms with Crippen LogP contribution in [0.5, 0.6) is 0 Å². The standard InChI is InChI=1S/C20H30N2O2/c1-14(2)7-5-9-16(4)21-20(24)17-12-19(23)22(13-17)18-10-6-8-15(3)11-18/h6,8,10-11,14,16-17H,5,7,9,12-13H2,1-4H3,(H,21,24). The lowest BCUT2D eigenvalue weighted by Gasteiger charge is -2.19. The van der Waals surface area contributed by atoms with Crippen molar-refractivity contribution < 1.29 is 9.59 Å². The zero-order chi connectivity index (χ0) is 17.7. The van der Waals surface area contributed by atoms with Gasteiger partial charge < -0.3 is 10.2 Å². The highest BCUT2D eigenvalue weighted by atomic mass is 16.2. The molecule has 1 aromatic rings. The molecule has 0 aliphatic carbocycles. The third kappa shape index (κ3) is 5.08. The maximum absolute atomic E-state index is 12.5. The van der Waals surface area contributed by atoms with Gasteiger partial charge in [-0.15, -0.1) is 0 Å². The van der Waals surface area contributed by atoms with Gasteiger partial charge in [0, 0.05) is 24.7 Å². The van der Waals surface area contributed by atoms with E-state index in [0.717, 1.165) is 24.1 Å². The lowest BCUT2D eigenvalue weighted by molar-refractivity contribution is -0.126. The molecule has 1 aromatic carbocycles. The van der Waals surface area contributed by atoms with Crippen LogP contribution in [0.25, 0.3) is 0 Å². The van der Waals surface area contributed by atoms with E-state index in [9.17, 15) is 9.59 Å². The minimum Gasteiger partial charge on any atom is -0.353 e. The molecule has 0 radical (unpaired) electrons. The van der Waals surface area contributed by atoms with Crippen molar-refractivity contribution in [3.05, 3.63) is 29.8 Å². The lowest BCUT2D eigenvalue weighted by atomic mass is 10.0. The summed E-state index contributed by atoms with van der Waals surface area (Å²) in [6.45, 7) is 8.97. The van der Waals surface area contributed by atoms with Crippen LogP contribution < -0.4 is 10.2 Å². The summed E-state index contributed by atoms with van der Waals surface area (Å²) in [7, 11) is 0. The third-order valence-electron chi connectivity index (χ3n) is 4.62. The van der Waals surface area contributed by atoms with Gasteiger partial charge in [0.2, 0.25) is 11.8 Å². The Morgan fingerprint density at radius 1 is 1.29 bits per heavy atom. The van der Waals surface area contributed by atoms with E-state index in [1.807, 2.05) is 38.1 Å². The van der Waals surface area contributed by atoms with Gasteiger partial charge >= 0.3 is 0 Å². The molecule has 2 amide bonds. The van der Waals surface area contributed by atoms with Gasteiger partial charge in [-0.25, -0.2) is 0 Å². The summed E-state index contributed by atoms with van der Waals surface area (Å²) in [6, 6.07) is 8.04. The second-order valence-corrected chi connectivity index (χ2v) is 7.48. The summed E-state index contributed by atoms with van der Waals surface area (Å²) in [5, 5.41) is 3.08. The van der Waals surface area contributed by atoms with Gasteiger partial charge in [-0.3, -0.25) is 9.59 Å². The first-order valence-electron chi connectivity index (χ1n) is 9.04. The van der Waals surface area contributed by atoms with Crippen molar-refractivity contribution in [2.45, 2.75) is 59.4 Å². The lowest BCUT2D eigenvalue weighted by Crippen LogP contribution is -2.38. The molecule has 2 atom stereocenters. The molecule has 2 unspecified atom stereocenters. The molecule has 0 aromatic heterocycles. The SMILES string of the molecule is Cc1cccc(N2CC(C(=O)NC(C)CCCC(C)C)CC2=O)c1. The Morgan fingerprint density at radius 2 is 2.04 bits per heavy atom. The number of carbonyl (C=O) groups excluding carboxylic acids is 2. The smallest absolute Gasteiger partial charge is 0.227 e. The zero-order valence-electron chi connectivity index (χ0n) is 15.3. The minimum atomic E-state index is -0.245. The van der Waals surface area contributed by atoms with Crippen LogP contribution in [-0.4, -0.2) is 24.4 Å². The van der Waals surface area contributed by atoms with Gasteiger partial charge in [0.15, 0.2) is 0 Å². The van der Waals surface area contributed by atoms with E-state index in [4.69, 9.17) is 0 Å². The number of anilines is 1. The molecule has 1 aliphatic rings. The molecule has 1 N–H and O–H groups in total. The Bertz CT molecular complexity index is 583. The first-order chi connectivity index (χ1) is 11.4. The van der Waals surface area contributed by atoms with E-state index in [0.29, 0.717) is 18.9 Å². The number of hydrogen-bond acceptors (Lipinski definition) is 2. The molecule has 0 bridgehead atoms. The quantitative estimate of drug-likeness (QED) is 0.829. The third-order valence-corrected chi connectivity index (χ3v) is 4.62. The normalized spacial score (nSPS) is 19.0. The highest BCUT2D eigenvalue weighted by Crippen LogP contribution is 2.26. The number of benzene rings is 1. The summed E-state index contributed by atoms with van der Waals surface area (Å²) >= 11 is 0. The van der Waals surface area contributed by atoms with E-state index in [1.54, 1.807) is 4.90 Å². The van der Waals surface area contributed by atoms with Crippen molar-refractivity contribution in [2.75, 3.05) is 11.4 Å². The average Bonchev–Trinajstić information content (AvgIpc) is 2.89. The minimum absolute atomic E-state index is 0.00977. The molecule has 4 heteroatoms. The number of hydrogen-bond donors (Lipinski definition) is 1. The predicted octanol–water partition coefficient (Wildman–Crippen LogP) is 3.68. The average molecular weight is 330 g/mol. The number of amides is 2. The van der Waals surface area contributed by atoms with E-state index < -0.39 is 0 Å². The van der Waals surface area contributed by atoms with Gasteiger partial charge in [0.25, 0.3) is 0 Å². The molecule has 0 spiro atoms. The van der Waals surface area contributed by atoms with E-state index in [2.05, 4.69) is 19.2 Å². The van der Waals surface area contributed by atoms with Crippen LogP contribution in [0, 0.1) is 18.8 Å². The summed E-state index contributed by atoms with van der Waals surface area (Å²) < 4.78 is 0. The fourth-order valence-electron chi connectivity index (χ4n) is 3.19. The number of rotatable bonds is 7. The first-order valence-corrected chi connectivity index (χ1v) is 9.04. The van der Waals surface area contributed by atoms with Crippen molar-refractivity contribution in [2.24, 2.45) is 11.8 Å². The van der Waals surface area contributed by atoms with Crippen molar-refractivity contribution in [1.29, 1.82) is 0 Å². The predicted molar refractivity (Wildman–Crippen MR) is 97.9 cm³/mol. The molecule has 1 saturated heterocycles. The Hall–Kier alpha value is -1.84. The van der Waals surface area contributed by atoms with Crippen LogP contribution in [-0.2, 0) is 9.59 Å². The Morgan fingerprint density at radius 3 is 2.71 bits per heavy atom. The molecule has 0 saturated carbocycles. The van der Waals surface area contributed by atoms with Gasteiger partial charge in [0.1, 0.15) is 0 Å². The topological polar surface area (TPSA) is 49.4 Å². The van der Waals surface area contributed by atoms with Crippen LogP contribution >= 0.6 is 0 Å². The highest BCUT2D eigenvalue weighted by molar-refractivity contribution is 6.00. The largest absolute Gasteiger partial charge is 0.353 e. The van der Waals surface area contributed by atoms with Crippen LogP contribution in [0.15, 0.2) is 24.3 Å². The Labute approximate surface area is 145 Å². The van der Waals surface area contributed by atoms with Crippen LogP contribution in [0.2, 0.25) is 0 Å². The molecule has 1 aliphatic heterocycles. The fourth-order valence-corrected chi connectivity index (χ4v) is 3.19. The highest BCUT2D eigenvalue weighted by Gasteiger charge is 2.35. The van der Waals surface area contributed by atoms with Gasteiger partial charge in [-0.2, -0.15) is 0 Å². The van der Waals surface area contributed by atoms with Gasteiger partial charge in [-0.1, -0.05) is 38.8 Å².